The molecule has 0 atom stereocenters. The van der Waals surface area contributed by atoms with Gasteiger partial charge in [0.1, 0.15) is 0 Å². The fourth-order valence-electron chi connectivity index (χ4n) is 0.0496. The third kappa shape index (κ3) is 17.7. The van der Waals surface area contributed by atoms with E-state index >= 15 is 0 Å². The van der Waals surface area contributed by atoms with E-state index in [1.807, 2.05) is 0 Å². The molecule has 0 saturated heterocycles. The molecule has 0 aliphatic rings. The number of rotatable bonds is 2. The molecule has 0 radical (unpaired) electrons. The normalized spacial score (nSPS) is 7.67. The van der Waals surface area contributed by atoms with Crippen LogP contribution in [0.5, 0.6) is 0 Å². The van der Waals surface area contributed by atoms with Crippen LogP contribution in [0.15, 0.2) is 0 Å². The minimum Gasteiger partial charge on any atom is 2.00 e. The summed E-state index contributed by atoms with van der Waals surface area (Å²) in [6, 6.07) is 0. The molecule has 0 aliphatic carbocycles. The average Bonchev–Trinajstić information content (AvgIpc) is 1.30. The van der Waals surface area contributed by atoms with Gasteiger partial charge in [0.25, 0.3) is 0 Å². The van der Waals surface area contributed by atoms with Crippen LogP contribution in [-0.2, 0) is 17.4 Å². The van der Waals surface area contributed by atoms with Crippen LogP contribution >= 0.6 is 0 Å². The molecule has 0 saturated carbocycles. The molecule has 3 N–H and O–H groups in total. The average molecular weight is 248 g/mol. The van der Waals surface area contributed by atoms with E-state index in [9.17, 15) is 12.2 Å². The van der Waals surface area contributed by atoms with Crippen LogP contribution in [0, 0.1) is 0 Å². The van der Waals surface area contributed by atoms with Crippen molar-refractivity contribution in [3.05, 3.63) is 0 Å². The van der Waals surface area contributed by atoms with Crippen molar-refractivity contribution in [3.63, 3.8) is 0 Å². The zero-order valence-electron chi connectivity index (χ0n) is 6.27. The monoisotopic (exact) mass is 248 g/mol. The molecule has 0 rings (SSSR count). The molecule has 0 fully saturated rings. The van der Waals surface area contributed by atoms with Gasteiger partial charge in [-0.1, -0.05) is 0 Å². The van der Waals surface area contributed by atoms with Gasteiger partial charge in [-0.3, -0.25) is 0 Å². The standard InChI is InChI=1S/Al.H2O4S.H2O.O.Sr.2H/c;1-5(2,3)4;;;;;/h;(H2,1,2,3,4);1H2;;;;/q+1;;;;+2;2*-1/p-1. The number of hydrogen-bond acceptors (Lipinski definition) is 4. The van der Waals surface area contributed by atoms with Gasteiger partial charge in [-0.25, -0.2) is 0 Å². The van der Waals surface area contributed by atoms with Crippen molar-refractivity contribution in [2.45, 2.75) is 0 Å². The quantitative estimate of drug-likeness (QED) is 0.439. The largest absolute Gasteiger partial charge is 2.00 e. The second kappa shape index (κ2) is 7.59. The third-order valence-corrected chi connectivity index (χ3v) is 1.45. The van der Waals surface area contributed by atoms with Gasteiger partial charge in [0.2, 0.25) is 0 Å². The van der Waals surface area contributed by atoms with Gasteiger partial charge < -0.3 is 8.33 Å². The van der Waals surface area contributed by atoms with Crippen molar-refractivity contribution in [1.82, 2.24) is 0 Å². The van der Waals surface area contributed by atoms with E-state index in [4.69, 9.17) is 4.55 Å². The minimum atomic E-state index is -4.45. The van der Waals surface area contributed by atoms with Crippen molar-refractivity contribution < 1.29 is 28.3 Å². The fraction of sp³-hybridized carbons (Fsp3) is 0. The van der Waals surface area contributed by atoms with Gasteiger partial charge in [-0.15, -0.1) is 0 Å². The van der Waals surface area contributed by atoms with Crippen LogP contribution in [0.4, 0.5) is 0 Å². The maximum atomic E-state index is 9.39. The molecule has 0 aromatic heterocycles. The van der Waals surface area contributed by atoms with Crippen LogP contribution in [-0.4, -0.2) is 79.4 Å². The van der Waals surface area contributed by atoms with Crippen molar-refractivity contribution >= 4 is 71.4 Å². The van der Waals surface area contributed by atoms with Gasteiger partial charge >= 0.3 is 91.4 Å². The first kappa shape index (κ1) is 16.8. The Labute approximate surface area is 98.3 Å². The van der Waals surface area contributed by atoms with Crippen LogP contribution in [0.25, 0.3) is 0 Å². The first-order chi connectivity index (χ1) is 3.06. The summed E-state index contributed by atoms with van der Waals surface area (Å²) in [6.07, 6.45) is 0. The Bertz CT molecular complexity index is 154. The zero-order chi connectivity index (χ0) is 5.91. The predicted molar refractivity (Wildman–Crippen MR) is 30.7 cm³/mol. The molecule has 0 spiro atoms. The molecular weight excluding hydrogens is 243 g/mol. The van der Waals surface area contributed by atoms with Gasteiger partial charge in [-0.2, -0.15) is 0 Å². The summed E-state index contributed by atoms with van der Waals surface area (Å²) in [7, 11) is -4.45. The van der Waals surface area contributed by atoms with Crippen LogP contribution in [0.2, 0.25) is 0 Å². The molecule has 52 valence electrons. The smallest absolute Gasteiger partial charge is 2.00 e. The summed E-state index contributed by atoms with van der Waals surface area (Å²) < 4.78 is 38.9. The summed E-state index contributed by atoms with van der Waals surface area (Å²) in [6.45, 7) is 0. The second-order valence-electron chi connectivity index (χ2n) is 0.620. The van der Waals surface area contributed by atoms with E-state index in [2.05, 4.69) is 3.23 Å². The SMILES string of the molecule is O.[H-].[H-].[O]=[Al][O]S(=O)(=O)O.[Sr+2]. The van der Waals surface area contributed by atoms with Crippen molar-refractivity contribution in [2.24, 2.45) is 0 Å². The van der Waals surface area contributed by atoms with E-state index in [0.717, 1.165) is 0 Å². The summed E-state index contributed by atoms with van der Waals surface area (Å²) in [4.78, 5) is 0. The Kier molecular flexibility index (Phi) is 14.2. The number of hydrogen-bond donors (Lipinski definition) is 1. The molecule has 0 bridgehead atoms. The zero-order valence-corrected chi connectivity index (χ0v) is 9.72. The van der Waals surface area contributed by atoms with Gasteiger partial charge in [-0.05, 0) is 0 Å². The van der Waals surface area contributed by atoms with Crippen LogP contribution in [0.1, 0.15) is 2.85 Å². The Morgan fingerprint density at radius 1 is 1.56 bits per heavy atom. The second-order valence-corrected chi connectivity index (χ2v) is 2.44. The topological polar surface area (TPSA) is 112 Å². The maximum Gasteiger partial charge on any atom is 2.00 e. The molecule has 0 aliphatic heterocycles. The first-order valence-corrected chi connectivity index (χ1v) is 3.46. The Morgan fingerprint density at radius 3 is 1.89 bits per heavy atom. The molecule has 9 heteroatoms. The predicted octanol–water partition coefficient (Wildman–Crippen LogP) is -2.21. The molecule has 0 heterocycles. The van der Waals surface area contributed by atoms with E-state index in [0.29, 0.717) is 0 Å². The van der Waals surface area contributed by atoms with Crippen molar-refractivity contribution in [2.75, 3.05) is 0 Å². The summed E-state index contributed by atoms with van der Waals surface area (Å²) in [5.74, 6) is 0. The molecule has 9 heavy (non-hydrogen) atoms. The Morgan fingerprint density at radius 2 is 1.89 bits per heavy atom. The molecular formula is H5AlO6SSr. The van der Waals surface area contributed by atoms with E-state index in [-0.39, 0.29) is 53.8 Å². The minimum absolute atomic E-state index is 0. The van der Waals surface area contributed by atoms with Gasteiger partial charge in [0.05, 0.1) is 0 Å². The van der Waals surface area contributed by atoms with Gasteiger partial charge in [0.15, 0.2) is 0 Å². The van der Waals surface area contributed by atoms with Crippen molar-refractivity contribution in [1.29, 1.82) is 0 Å². The molecule has 0 aromatic rings. The van der Waals surface area contributed by atoms with E-state index in [1.54, 1.807) is 0 Å². The molecule has 0 aromatic carbocycles. The summed E-state index contributed by atoms with van der Waals surface area (Å²) in [5, 5.41) is 0. The molecule has 6 nitrogen and oxygen atoms in total. The Balaban J connectivity index is -0.0000000300. The maximum absolute atomic E-state index is 9.39. The van der Waals surface area contributed by atoms with Gasteiger partial charge in [0, 0.05) is 0 Å². The van der Waals surface area contributed by atoms with E-state index < -0.39 is 25.9 Å². The van der Waals surface area contributed by atoms with E-state index in [1.165, 1.54) is 0 Å². The van der Waals surface area contributed by atoms with Crippen LogP contribution < -0.4 is 0 Å². The van der Waals surface area contributed by atoms with Crippen LogP contribution in [0.3, 0.4) is 0 Å². The Hall–Kier alpha value is 1.48. The third-order valence-electron chi connectivity index (χ3n) is 0.161. The first-order valence-electron chi connectivity index (χ1n) is 1.15. The summed E-state index contributed by atoms with van der Waals surface area (Å²) >= 11 is -1.88. The van der Waals surface area contributed by atoms with Crippen molar-refractivity contribution in [3.8, 4) is 0 Å². The molecule has 0 amide bonds. The summed E-state index contributed by atoms with van der Waals surface area (Å²) in [5.41, 5.74) is 0. The molecule has 0 unspecified atom stereocenters. The fourth-order valence-corrected chi connectivity index (χ4v) is 0.447.